The van der Waals surface area contributed by atoms with E-state index in [1.165, 1.54) is 0 Å². The quantitative estimate of drug-likeness (QED) is 0.467. The zero-order chi connectivity index (χ0) is 14.3. The fraction of sp³-hybridized carbons (Fsp3) is 0.909. The van der Waals surface area contributed by atoms with Crippen LogP contribution in [-0.4, -0.2) is 60.4 Å². The molecule has 0 amide bonds. The van der Waals surface area contributed by atoms with Gasteiger partial charge in [0.15, 0.2) is 6.61 Å². The second-order valence-corrected chi connectivity index (χ2v) is 6.96. The summed E-state index contributed by atoms with van der Waals surface area (Å²) in [5.74, 6) is 0.410. The molecule has 2 aliphatic rings. The maximum absolute atomic E-state index is 12.8. The van der Waals surface area contributed by atoms with E-state index in [9.17, 15) is 22.0 Å². The Labute approximate surface area is 138 Å². The van der Waals surface area contributed by atoms with E-state index in [0.29, 0.717) is 11.8 Å². The average molecular weight is 322 g/mol. The Bertz CT molecular complexity index is 467. The number of hydrogen-bond donors (Lipinski definition) is 1. The number of carbonyl (C=O) groups is 1. The van der Waals surface area contributed by atoms with Crippen molar-refractivity contribution in [2.75, 3.05) is 6.61 Å². The first kappa shape index (κ1) is 18.3. The molecule has 0 aromatic heterocycles. The maximum atomic E-state index is 12.8. The standard InChI is InChI=1S/C11H16F2O5S.Na.H/c12-11(13,19(15,16)17)6-18-10(14)5-9-4-7-1-2-8(9)3-7;;/h7-9H,1-6H2,(H,15,16,17);;. The molecule has 9 heteroatoms. The van der Waals surface area contributed by atoms with Crippen LogP contribution in [0.4, 0.5) is 8.78 Å². The predicted octanol–water partition coefficient (Wildman–Crippen LogP) is 1.19. The molecule has 0 saturated heterocycles. The summed E-state index contributed by atoms with van der Waals surface area (Å²) in [6.45, 7) is -1.63. The fourth-order valence-corrected chi connectivity index (χ4v) is 3.35. The van der Waals surface area contributed by atoms with Crippen LogP contribution in [-0.2, 0) is 19.6 Å². The summed E-state index contributed by atoms with van der Waals surface area (Å²) in [5, 5.41) is -4.45. The van der Waals surface area contributed by atoms with Crippen molar-refractivity contribution < 1.29 is 31.3 Å². The van der Waals surface area contributed by atoms with Crippen LogP contribution in [0, 0.1) is 17.8 Å². The molecule has 0 aromatic rings. The van der Waals surface area contributed by atoms with Gasteiger partial charge in [0.25, 0.3) is 0 Å². The Hall–Kier alpha value is 0.240. The monoisotopic (exact) mass is 322 g/mol. The second-order valence-electron chi connectivity index (χ2n) is 5.41. The molecule has 1 N–H and O–H groups in total. The molecule has 2 aliphatic carbocycles. The molecule has 112 valence electrons. The van der Waals surface area contributed by atoms with E-state index in [1.807, 2.05) is 0 Å². The van der Waals surface area contributed by atoms with E-state index in [4.69, 9.17) is 4.55 Å². The molecule has 3 atom stereocenters. The summed E-state index contributed by atoms with van der Waals surface area (Å²) in [5.41, 5.74) is 0. The van der Waals surface area contributed by atoms with Gasteiger partial charge in [-0.3, -0.25) is 9.35 Å². The molecule has 0 aromatic carbocycles. The van der Waals surface area contributed by atoms with E-state index in [-0.39, 0.29) is 41.9 Å². The van der Waals surface area contributed by atoms with Gasteiger partial charge >= 0.3 is 50.9 Å². The molecule has 2 saturated carbocycles. The molecule has 2 fully saturated rings. The summed E-state index contributed by atoms with van der Waals surface area (Å²) >= 11 is 0. The topological polar surface area (TPSA) is 80.7 Å². The van der Waals surface area contributed by atoms with Crippen LogP contribution in [0.2, 0.25) is 0 Å². The van der Waals surface area contributed by atoms with Gasteiger partial charge in [-0.1, -0.05) is 6.42 Å². The summed E-state index contributed by atoms with van der Waals surface area (Å²) in [6, 6.07) is 0. The Morgan fingerprint density at radius 2 is 1.95 bits per heavy atom. The number of rotatable bonds is 5. The molecular formula is C11H17F2NaO5S. The first-order valence-corrected chi connectivity index (χ1v) is 7.63. The Morgan fingerprint density at radius 1 is 1.30 bits per heavy atom. The van der Waals surface area contributed by atoms with Crippen LogP contribution >= 0.6 is 0 Å². The second kappa shape index (κ2) is 6.56. The van der Waals surface area contributed by atoms with E-state index in [1.54, 1.807) is 0 Å². The summed E-state index contributed by atoms with van der Waals surface area (Å²) < 4.78 is 58.9. The van der Waals surface area contributed by atoms with Crippen molar-refractivity contribution in [1.82, 2.24) is 0 Å². The van der Waals surface area contributed by atoms with Crippen molar-refractivity contribution in [2.45, 2.75) is 37.4 Å². The minimum absolute atomic E-state index is 0. The van der Waals surface area contributed by atoms with Gasteiger partial charge in [-0.05, 0) is 37.0 Å². The molecule has 20 heavy (non-hydrogen) atoms. The van der Waals surface area contributed by atoms with Crippen LogP contribution in [0.15, 0.2) is 0 Å². The first-order chi connectivity index (χ1) is 8.69. The molecule has 0 aliphatic heterocycles. The average Bonchev–Trinajstić information content (AvgIpc) is 2.86. The zero-order valence-corrected chi connectivity index (χ0v) is 11.0. The van der Waals surface area contributed by atoms with Crippen LogP contribution in [0.3, 0.4) is 0 Å². The van der Waals surface area contributed by atoms with Gasteiger partial charge in [0.2, 0.25) is 0 Å². The van der Waals surface area contributed by atoms with E-state index in [2.05, 4.69) is 4.74 Å². The predicted molar refractivity (Wildman–Crippen MR) is 68.2 cm³/mol. The summed E-state index contributed by atoms with van der Waals surface area (Å²) in [6.07, 6.45) is 4.26. The number of carbonyl (C=O) groups excluding carboxylic acids is 1. The molecule has 2 rings (SSSR count). The van der Waals surface area contributed by atoms with E-state index in [0.717, 1.165) is 25.7 Å². The number of hydrogen-bond acceptors (Lipinski definition) is 4. The Kier molecular flexibility index (Phi) is 6.00. The molecule has 2 bridgehead atoms. The number of ether oxygens (including phenoxy) is 1. The molecule has 0 spiro atoms. The third-order valence-corrected chi connectivity index (χ3v) is 4.96. The summed E-state index contributed by atoms with van der Waals surface area (Å²) in [7, 11) is -5.54. The van der Waals surface area contributed by atoms with Gasteiger partial charge in [-0.2, -0.15) is 17.2 Å². The van der Waals surface area contributed by atoms with Crippen molar-refractivity contribution in [3.63, 3.8) is 0 Å². The number of halogens is 2. The van der Waals surface area contributed by atoms with Crippen molar-refractivity contribution in [3.8, 4) is 0 Å². The molecule has 0 heterocycles. The molecule has 0 radical (unpaired) electrons. The fourth-order valence-electron chi connectivity index (χ4n) is 3.14. The molecular weight excluding hydrogens is 305 g/mol. The van der Waals surface area contributed by atoms with E-state index >= 15 is 0 Å². The van der Waals surface area contributed by atoms with Crippen molar-refractivity contribution in [2.24, 2.45) is 17.8 Å². The van der Waals surface area contributed by atoms with E-state index < -0.39 is 27.9 Å². The van der Waals surface area contributed by atoms with Gasteiger partial charge in [-0.15, -0.1) is 0 Å². The Morgan fingerprint density at radius 3 is 2.40 bits per heavy atom. The van der Waals surface area contributed by atoms with Crippen molar-refractivity contribution in [3.05, 3.63) is 0 Å². The van der Waals surface area contributed by atoms with Crippen LogP contribution in [0.1, 0.15) is 32.1 Å². The van der Waals surface area contributed by atoms with Gasteiger partial charge in [0.05, 0.1) is 0 Å². The SMILES string of the molecule is O=C(CC1CC2CCC1C2)OCC(F)(F)S(=O)(=O)O.[NaH]. The van der Waals surface area contributed by atoms with Crippen molar-refractivity contribution in [1.29, 1.82) is 0 Å². The van der Waals surface area contributed by atoms with Gasteiger partial charge in [0, 0.05) is 6.42 Å². The Balaban J connectivity index is 0.00000200. The third-order valence-electron chi connectivity index (χ3n) is 4.09. The zero-order valence-electron chi connectivity index (χ0n) is 10.2. The van der Waals surface area contributed by atoms with Gasteiger partial charge < -0.3 is 4.74 Å². The van der Waals surface area contributed by atoms with Crippen LogP contribution in [0.25, 0.3) is 0 Å². The molecule has 3 unspecified atom stereocenters. The normalized spacial score (nSPS) is 29.1. The first-order valence-electron chi connectivity index (χ1n) is 6.19. The number of esters is 1. The van der Waals surface area contributed by atoms with Crippen LogP contribution < -0.4 is 0 Å². The molecule has 5 nitrogen and oxygen atoms in total. The van der Waals surface area contributed by atoms with Crippen molar-refractivity contribution >= 4 is 45.6 Å². The van der Waals surface area contributed by atoms with Gasteiger partial charge in [0.1, 0.15) is 0 Å². The summed E-state index contributed by atoms with van der Waals surface area (Å²) in [4.78, 5) is 11.4. The minimum atomic E-state index is -5.54. The number of alkyl halides is 2. The third kappa shape index (κ3) is 4.13. The number of fused-ring (bicyclic) bond motifs is 2. The van der Waals surface area contributed by atoms with Crippen LogP contribution in [0.5, 0.6) is 0 Å². The van der Waals surface area contributed by atoms with Gasteiger partial charge in [-0.25, -0.2) is 0 Å².